The van der Waals surface area contributed by atoms with Crippen LogP contribution in [0, 0.1) is 5.41 Å². The Morgan fingerprint density at radius 2 is 1.94 bits per heavy atom. The van der Waals surface area contributed by atoms with Crippen molar-refractivity contribution >= 4 is 11.9 Å². The van der Waals surface area contributed by atoms with Crippen molar-refractivity contribution in [2.24, 2.45) is 5.41 Å². The number of ether oxygens (including phenoxy) is 1. The number of aliphatic carboxylic acids is 1. The Kier molecular flexibility index (Phi) is 2.81. The number of carboxylic acids is 1. The summed E-state index contributed by atoms with van der Waals surface area (Å²) in [6, 6.07) is 0.108. The minimum Gasteiger partial charge on any atom is -0.480 e. The molecule has 0 bridgehead atoms. The van der Waals surface area contributed by atoms with Gasteiger partial charge in [-0.2, -0.15) is 0 Å². The van der Waals surface area contributed by atoms with Gasteiger partial charge in [-0.3, -0.25) is 9.59 Å². The summed E-state index contributed by atoms with van der Waals surface area (Å²) in [4.78, 5) is 25.5. The number of amides is 1. The van der Waals surface area contributed by atoms with Crippen LogP contribution in [0.4, 0.5) is 0 Å². The summed E-state index contributed by atoms with van der Waals surface area (Å²) in [7, 11) is 0. The van der Waals surface area contributed by atoms with Crippen LogP contribution in [0.3, 0.4) is 0 Å². The Morgan fingerprint density at radius 1 is 1.22 bits per heavy atom. The minimum atomic E-state index is -1.10. The molecule has 1 saturated heterocycles. The Balaban J connectivity index is 1.78. The second-order valence-corrected chi connectivity index (χ2v) is 5.65. The summed E-state index contributed by atoms with van der Waals surface area (Å²) >= 11 is 0. The zero-order chi connectivity index (χ0) is 12.8. The largest absolute Gasteiger partial charge is 0.480 e. The molecule has 3 aliphatic rings. The van der Waals surface area contributed by atoms with Crippen LogP contribution < -0.4 is 0 Å². The summed E-state index contributed by atoms with van der Waals surface area (Å²) in [6.45, 7) is 1.09. The molecule has 0 spiro atoms. The van der Waals surface area contributed by atoms with Crippen molar-refractivity contribution in [1.29, 1.82) is 0 Å². The molecule has 2 atom stereocenters. The van der Waals surface area contributed by atoms with Gasteiger partial charge >= 0.3 is 5.97 Å². The number of carbonyl (C=O) groups excluding carboxylic acids is 1. The van der Waals surface area contributed by atoms with Crippen LogP contribution in [-0.2, 0) is 14.3 Å². The summed E-state index contributed by atoms with van der Waals surface area (Å²) in [5, 5.41) is 9.22. The molecule has 5 nitrogen and oxygen atoms in total. The van der Waals surface area contributed by atoms with E-state index in [-0.39, 0.29) is 18.1 Å². The van der Waals surface area contributed by atoms with Crippen molar-refractivity contribution in [3.8, 4) is 0 Å². The van der Waals surface area contributed by atoms with Crippen molar-refractivity contribution < 1.29 is 19.4 Å². The van der Waals surface area contributed by atoms with E-state index in [0.717, 1.165) is 25.7 Å². The van der Waals surface area contributed by atoms with E-state index in [1.807, 2.05) is 0 Å². The summed E-state index contributed by atoms with van der Waals surface area (Å²) in [5.41, 5.74) is -1.10. The van der Waals surface area contributed by atoms with Gasteiger partial charge in [0.2, 0.25) is 5.91 Å². The molecule has 0 aromatic heterocycles. The fourth-order valence-electron chi connectivity index (χ4n) is 3.27. The summed E-state index contributed by atoms with van der Waals surface area (Å²) < 4.78 is 5.71. The lowest BCUT2D eigenvalue weighted by Crippen LogP contribution is -2.57. The average molecular weight is 253 g/mol. The zero-order valence-corrected chi connectivity index (χ0v) is 10.4. The molecule has 3 fully saturated rings. The van der Waals surface area contributed by atoms with Crippen LogP contribution in [0.1, 0.15) is 38.5 Å². The van der Waals surface area contributed by atoms with Gasteiger partial charge in [0, 0.05) is 6.54 Å². The first-order chi connectivity index (χ1) is 8.65. The first-order valence-electron chi connectivity index (χ1n) is 6.81. The number of morpholine rings is 1. The molecule has 18 heavy (non-hydrogen) atoms. The lowest BCUT2D eigenvalue weighted by Gasteiger charge is -2.44. The molecule has 0 unspecified atom stereocenters. The monoisotopic (exact) mass is 253 g/mol. The van der Waals surface area contributed by atoms with Crippen LogP contribution in [0.15, 0.2) is 0 Å². The van der Waals surface area contributed by atoms with Gasteiger partial charge in [-0.05, 0) is 25.7 Å². The Bertz CT molecular complexity index is 375. The predicted molar refractivity (Wildman–Crippen MR) is 63.0 cm³/mol. The van der Waals surface area contributed by atoms with Crippen molar-refractivity contribution in [3.63, 3.8) is 0 Å². The molecule has 0 radical (unpaired) electrons. The van der Waals surface area contributed by atoms with Gasteiger partial charge < -0.3 is 14.7 Å². The molecule has 1 amide bonds. The third kappa shape index (κ3) is 1.72. The van der Waals surface area contributed by atoms with E-state index >= 15 is 0 Å². The van der Waals surface area contributed by atoms with E-state index in [1.54, 1.807) is 4.90 Å². The van der Waals surface area contributed by atoms with Crippen molar-refractivity contribution in [2.45, 2.75) is 50.7 Å². The lowest BCUT2D eigenvalue weighted by atomic mass is 9.89. The van der Waals surface area contributed by atoms with Crippen LogP contribution >= 0.6 is 0 Å². The quantitative estimate of drug-likeness (QED) is 0.746. The highest BCUT2D eigenvalue weighted by Gasteiger charge is 2.59. The highest BCUT2D eigenvalue weighted by Crippen LogP contribution is 2.48. The maximum atomic E-state index is 12.5. The minimum absolute atomic E-state index is 0.108. The standard InChI is InChI=1S/C13H19NO4/c15-11(13(5-6-13)12(16)17)14-7-8-18-10-4-2-1-3-9(10)14/h9-10H,1-8H2,(H,16,17)/t9-,10-/m0/s1. The highest BCUT2D eigenvalue weighted by atomic mass is 16.5. The number of hydrogen-bond donors (Lipinski definition) is 1. The molecular formula is C13H19NO4. The van der Waals surface area contributed by atoms with Gasteiger partial charge in [0.1, 0.15) is 5.41 Å². The third-order valence-corrected chi connectivity index (χ3v) is 4.56. The average Bonchev–Trinajstić information content (AvgIpc) is 3.19. The zero-order valence-electron chi connectivity index (χ0n) is 10.4. The molecule has 2 saturated carbocycles. The molecule has 1 heterocycles. The smallest absolute Gasteiger partial charge is 0.319 e. The maximum Gasteiger partial charge on any atom is 0.319 e. The van der Waals surface area contributed by atoms with Gasteiger partial charge in [-0.15, -0.1) is 0 Å². The van der Waals surface area contributed by atoms with E-state index in [0.29, 0.717) is 26.0 Å². The van der Waals surface area contributed by atoms with E-state index in [4.69, 9.17) is 4.74 Å². The molecular weight excluding hydrogens is 234 g/mol. The fourth-order valence-corrected chi connectivity index (χ4v) is 3.27. The number of rotatable bonds is 2. The van der Waals surface area contributed by atoms with Crippen LogP contribution in [-0.4, -0.2) is 47.2 Å². The van der Waals surface area contributed by atoms with Gasteiger partial charge in [-0.1, -0.05) is 12.8 Å². The lowest BCUT2D eigenvalue weighted by molar-refractivity contribution is -0.163. The highest BCUT2D eigenvalue weighted by molar-refractivity contribution is 6.05. The SMILES string of the molecule is O=C(O)C1(C(=O)N2CCO[C@H]3CCCC[C@@H]32)CC1. The van der Waals surface area contributed by atoms with E-state index < -0.39 is 11.4 Å². The van der Waals surface area contributed by atoms with Gasteiger partial charge in [0.25, 0.3) is 0 Å². The Labute approximate surface area is 106 Å². The number of nitrogens with zero attached hydrogens (tertiary/aromatic N) is 1. The topological polar surface area (TPSA) is 66.8 Å². The number of carboxylic acid groups (broad SMARTS) is 1. The first kappa shape index (κ1) is 12.0. The summed E-state index contributed by atoms with van der Waals surface area (Å²) in [5.74, 6) is -1.12. The van der Waals surface area contributed by atoms with E-state index in [9.17, 15) is 14.7 Å². The molecule has 2 aliphatic carbocycles. The fraction of sp³-hybridized carbons (Fsp3) is 0.846. The van der Waals surface area contributed by atoms with Crippen LogP contribution in [0.2, 0.25) is 0 Å². The molecule has 5 heteroatoms. The molecule has 100 valence electrons. The van der Waals surface area contributed by atoms with E-state index in [1.165, 1.54) is 0 Å². The predicted octanol–water partition coefficient (Wildman–Crippen LogP) is 1.02. The Hall–Kier alpha value is -1.10. The van der Waals surface area contributed by atoms with Crippen molar-refractivity contribution in [3.05, 3.63) is 0 Å². The Morgan fingerprint density at radius 3 is 2.61 bits per heavy atom. The first-order valence-corrected chi connectivity index (χ1v) is 6.81. The van der Waals surface area contributed by atoms with Crippen molar-refractivity contribution in [2.75, 3.05) is 13.2 Å². The number of carbonyl (C=O) groups is 2. The second kappa shape index (κ2) is 4.23. The molecule has 0 aromatic rings. The van der Waals surface area contributed by atoms with Crippen LogP contribution in [0.25, 0.3) is 0 Å². The normalized spacial score (nSPS) is 33.7. The molecule has 1 aliphatic heterocycles. The van der Waals surface area contributed by atoms with Gasteiger partial charge in [0.15, 0.2) is 0 Å². The maximum absolute atomic E-state index is 12.5. The van der Waals surface area contributed by atoms with Gasteiger partial charge in [-0.25, -0.2) is 0 Å². The van der Waals surface area contributed by atoms with Gasteiger partial charge in [0.05, 0.1) is 18.8 Å². The second-order valence-electron chi connectivity index (χ2n) is 5.65. The van der Waals surface area contributed by atoms with E-state index in [2.05, 4.69) is 0 Å². The van der Waals surface area contributed by atoms with Crippen molar-refractivity contribution in [1.82, 2.24) is 4.90 Å². The molecule has 1 N–H and O–H groups in total. The summed E-state index contributed by atoms with van der Waals surface area (Å²) in [6.07, 6.45) is 5.31. The number of hydrogen-bond acceptors (Lipinski definition) is 3. The molecule has 3 rings (SSSR count). The molecule has 0 aromatic carbocycles. The van der Waals surface area contributed by atoms with Crippen LogP contribution in [0.5, 0.6) is 0 Å². The number of fused-ring (bicyclic) bond motifs is 1. The third-order valence-electron chi connectivity index (χ3n) is 4.56.